The van der Waals surface area contributed by atoms with Gasteiger partial charge in [0.2, 0.25) is 0 Å². The van der Waals surface area contributed by atoms with Crippen LogP contribution in [0, 0.1) is 5.82 Å². The first-order valence-electron chi connectivity index (χ1n) is 5.93. The van der Waals surface area contributed by atoms with E-state index in [2.05, 4.69) is 0 Å². The highest BCUT2D eigenvalue weighted by Gasteiger charge is 2.17. The number of hydrogen-bond donors (Lipinski definition) is 0. The van der Waals surface area contributed by atoms with Crippen molar-refractivity contribution >= 4 is 29.1 Å². The highest BCUT2D eigenvalue weighted by molar-refractivity contribution is 6.33. The Hall–Kier alpha value is -1.58. The van der Waals surface area contributed by atoms with Gasteiger partial charge in [0, 0.05) is 24.2 Å². The van der Waals surface area contributed by atoms with Crippen molar-refractivity contribution in [2.45, 2.75) is 6.54 Å². The van der Waals surface area contributed by atoms with Crippen molar-refractivity contribution in [1.82, 2.24) is 4.90 Å². The van der Waals surface area contributed by atoms with Gasteiger partial charge in [-0.15, -0.1) is 0 Å². The summed E-state index contributed by atoms with van der Waals surface area (Å²) in [6.45, 7) is 0.0789. The molecule has 20 heavy (non-hydrogen) atoms. The van der Waals surface area contributed by atoms with Gasteiger partial charge in [0.15, 0.2) is 0 Å². The van der Waals surface area contributed by atoms with Crippen LogP contribution in [0.15, 0.2) is 42.5 Å². The van der Waals surface area contributed by atoms with E-state index in [0.29, 0.717) is 15.6 Å². The first kappa shape index (κ1) is 14.8. The highest BCUT2D eigenvalue weighted by atomic mass is 35.5. The van der Waals surface area contributed by atoms with E-state index in [1.807, 2.05) is 0 Å². The van der Waals surface area contributed by atoms with Crippen molar-refractivity contribution in [3.05, 3.63) is 69.5 Å². The van der Waals surface area contributed by atoms with Gasteiger partial charge < -0.3 is 4.90 Å². The number of carbonyl (C=O) groups is 1. The fraction of sp³-hybridized carbons (Fsp3) is 0.133. The molecule has 0 N–H and O–H groups in total. The lowest BCUT2D eigenvalue weighted by Gasteiger charge is -2.19. The average Bonchev–Trinajstić information content (AvgIpc) is 2.42. The minimum absolute atomic E-state index is 0.0789. The van der Waals surface area contributed by atoms with Crippen LogP contribution < -0.4 is 0 Å². The van der Waals surface area contributed by atoms with Crippen LogP contribution in [-0.4, -0.2) is 17.9 Å². The molecular formula is C15H12Cl2FNO. The van der Waals surface area contributed by atoms with Gasteiger partial charge in [0.25, 0.3) is 5.91 Å². The highest BCUT2D eigenvalue weighted by Crippen LogP contribution is 2.22. The minimum Gasteiger partial charge on any atom is -0.337 e. The molecule has 0 heterocycles. The molecule has 0 fully saturated rings. The van der Waals surface area contributed by atoms with E-state index < -0.39 is 5.82 Å². The van der Waals surface area contributed by atoms with Crippen LogP contribution in [-0.2, 0) is 6.54 Å². The number of rotatable bonds is 3. The third kappa shape index (κ3) is 3.11. The summed E-state index contributed by atoms with van der Waals surface area (Å²) in [5.41, 5.74) is 0.668. The fourth-order valence-electron chi connectivity index (χ4n) is 1.83. The standard InChI is InChI=1S/C15H12Cl2FNO/c1-19(9-11-13(17)7-4-8-14(11)18)15(20)10-5-2-3-6-12(10)16/h2-8H,9H2,1H3. The van der Waals surface area contributed by atoms with Crippen LogP contribution in [0.25, 0.3) is 0 Å². The number of amides is 1. The summed E-state index contributed by atoms with van der Waals surface area (Å²) in [4.78, 5) is 13.6. The molecule has 0 radical (unpaired) electrons. The zero-order chi connectivity index (χ0) is 14.7. The summed E-state index contributed by atoms with van der Waals surface area (Å²) in [6.07, 6.45) is 0. The molecule has 0 aliphatic carbocycles. The van der Waals surface area contributed by atoms with Crippen LogP contribution in [0.5, 0.6) is 0 Å². The van der Waals surface area contributed by atoms with Crippen LogP contribution >= 0.6 is 23.2 Å². The first-order chi connectivity index (χ1) is 9.50. The number of halogens is 3. The second kappa shape index (κ2) is 6.25. The van der Waals surface area contributed by atoms with E-state index in [1.54, 1.807) is 37.4 Å². The van der Waals surface area contributed by atoms with Crippen LogP contribution in [0.1, 0.15) is 15.9 Å². The quantitative estimate of drug-likeness (QED) is 0.822. The molecule has 0 unspecified atom stereocenters. The van der Waals surface area contributed by atoms with Crippen molar-refractivity contribution < 1.29 is 9.18 Å². The monoisotopic (exact) mass is 311 g/mol. The maximum absolute atomic E-state index is 13.7. The summed E-state index contributed by atoms with van der Waals surface area (Å²) >= 11 is 11.9. The number of benzene rings is 2. The van der Waals surface area contributed by atoms with Gasteiger partial charge >= 0.3 is 0 Å². The predicted molar refractivity (Wildman–Crippen MR) is 78.7 cm³/mol. The van der Waals surface area contributed by atoms with Gasteiger partial charge in [-0.2, -0.15) is 0 Å². The summed E-state index contributed by atoms with van der Waals surface area (Å²) in [5, 5.41) is 0.660. The molecule has 1 amide bonds. The summed E-state index contributed by atoms with van der Waals surface area (Å²) in [7, 11) is 1.58. The second-order valence-corrected chi connectivity index (χ2v) is 5.16. The molecule has 0 spiro atoms. The molecule has 0 aromatic heterocycles. The third-order valence-corrected chi connectivity index (χ3v) is 3.59. The van der Waals surface area contributed by atoms with Crippen molar-refractivity contribution in [3.63, 3.8) is 0 Å². The first-order valence-corrected chi connectivity index (χ1v) is 6.69. The lowest BCUT2D eigenvalue weighted by atomic mass is 10.1. The predicted octanol–water partition coefficient (Wildman–Crippen LogP) is 4.40. The molecule has 2 aromatic carbocycles. The maximum Gasteiger partial charge on any atom is 0.255 e. The molecule has 0 aliphatic rings. The van der Waals surface area contributed by atoms with Crippen LogP contribution in [0.2, 0.25) is 10.0 Å². The van der Waals surface area contributed by atoms with E-state index in [4.69, 9.17) is 23.2 Å². The Morgan fingerprint density at radius 2 is 1.75 bits per heavy atom. The number of nitrogens with zero attached hydrogens (tertiary/aromatic N) is 1. The molecule has 0 saturated carbocycles. The molecule has 104 valence electrons. The Kier molecular flexibility index (Phi) is 4.63. The van der Waals surface area contributed by atoms with E-state index in [9.17, 15) is 9.18 Å². The maximum atomic E-state index is 13.7. The molecule has 0 bridgehead atoms. The molecule has 2 nitrogen and oxygen atoms in total. The van der Waals surface area contributed by atoms with E-state index >= 15 is 0 Å². The normalized spacial score (nSPS) is 10.4. The molecular weight excluding hydrogens is 300 g/mol. The number of hydrogen-bond acceptors (Lipinski definition) is 1. The third-order valence-electron chi connectivity index (χ3n) is 2.91. The summed E-state index contributed by atoms with van der Waals surface area (Å²) < 4.78 is 13.7. The van der Waals surface area contributed by atoms with Gasteiger partial charge in [0.1, 0.15) is 5.82 Å². The van der Waals surface area contributed by atoms with Crippen molar-refractivity contribution in [3.8, 4) is 0 Å². The molecule has 2 aromatic rings. The Balaban J connectivity index is 2.23. The Morgan fingerprint density at radius 1 is 1.10 bits per heavy atom. The molecule has 0 saturated heterocycles. The zero-order valence-electron chi connectivity index (χ0n) is 10.7. The van der Waals surface area contributed by atoms with E-state index in [0.717, 1.165) is 0 Å². The Labute approximate surface area is 126 Å². The SMILES string of the molecule is CN(Cc1c(F)cccc1Cl)C(=O)c1ccccc1Cl. The van der Waals surface area contributed by atoms with Gasteiger partial charge in [-0.3, -0.25) is 4.79 Å². The molecule has 0 aliphatic heterocycles. The lowest BCUT2D eigenvalue weighted by molar-refractivity contribution is 0.0784. The number of carbonyl (C=O) groups excluding carboxylic acids is 1. The fourth-order valence-corrected chi connectivity index (χ4v) is 2.27. The zero-order valence-corrected chi connectivity index (χ0v) is 12.2. The van der Waals surface area contributed by atoms with E-state index in [-0.39, 0.29) is 18.0 Å². The molecule has 2 rings (SSSR count). The van der Waals surface area contributed by atoms with Gasteiger partial charge in [-0.05, 0) is 24.3 Å². The van der Waals surface area contributed by atoms with Crippen LogP contribution in [0.4, 0.5) is 4.39 Å². The van der Waals surface area contributed by atoms with Crippen molar-refractivity contribution in [2.75, 3.05) is 7.05 Å². The smallest absolute Gasteiger partial charge is 0.255 e. The topological polar surface area (TPSA) is 20.3 Å². The Morgan fingerprint density at radius 3 is 2.40 bits per heavy atom. The lowest BCUT2D eigenvalue weighted by Crippen LogP contribution is -2.27. The molecule has 0 atom stereocenters. The molecule has 5 heteroatoms. The summed E-state index contributed by atoms with van der Waals surface area (Å²) in [6, 6.07) is 11.2. The second-order valence-electron chi connectivity index (χ2n) is 4.34. The van der Waals surface area contributed by atoms with E-state index in [1.165, 1.54) is 17.0 Å². The van der Waals surface area contributed by atoms with Gasteiger partial charge in [-0.25, -0.2) is 4.39 Å². The van der Waals surface area contributed by atoms with Gasteiger partial charge in [0.05, 0.1) is 10.6 Å². The van der Waals surface area contributed by atoms with Crippen molar-refractivity contribution in [1.29, 1.82) is 0 Å². The van der Waals surface area contributed by atoms with Gasteiger partial charge in [-0.1, -0.05) is 41.4 Å². The largest absolute Gasteiger partial charge is 0.337 e. The summed E-state index contributed by atoms with van der Waals surface area (Å²) in [5.74, 6) is -0.716. The van der Waals surface area contributed by atoms with Crippen molar-refractivity contribution in [2.24, 2.45) is 0 Å². The minimum atomic E-state index is -0.434. The van der Waals surface area contributed by atoms with Crippen LogP contribution in [0.3, 0.4) is 0 Å². The Bertz CT molecular complexity index is 625. The average molecular weight is 312 g/mol.